The highest BCUT2D eigenvalue weighted by atomic mass is 32.2. The van der Waals surface area contributed by atoms with E-state index in [1.54, 1.807) is 11.3 Å². The van der Waals surface area contributed by atoms with Crippen molar-refractivity contribution in [2.75, 3.05) is 17.6 Å². The lowest BCUT2D eigenvalue weighted by atomic mass is 10.1. The Balaban J connectivity index is 1.18. The van der Waals surface area contributed by atoms with Gasteiger partial charge in [0.15, 0.2) is 4.34 Å². The van der Waals surface area contributed by atoms with Crippen molar-refractivity contribution in [3.63, 3.8) is 0 Å². The van der Waals surface area contributed by atoms with Crippen LogP contribution in [0.4, 0.5) is 5.13 Å². The number of carbonyl (C=O) groups is 1. The summed E-state index contributed by atoms with van der Waals surface area (Å²) < 4.78 is 0.850. The number of amides is 1. The van der Waals surface area contributed by atoms with Gasteiger partial charge in [-0.15, -0.1) is 21.5 Å². The molecule has 134 valence electrons. The second kappa shape index (κ2) is 8.05. The van der Waals surface area contributed by atoms with E-state index >= 15 is 0 Å². The lowest BCUT2D eigenvalue weighted by Crippen LogP contribution is -2.39. The van der Waals surface area contributed by atoms with Crippen molar-refractivity contribution < 1.29 is 4.79 Å². The Labute approximate surface area is 160 Å². The Bertz CT molecular complexity index is 683. The number of thiophene rings is 1. The van der Waals surface area contributed by atoms with Gasteiger partial charge in [-0.05, 0) is 55.4 Å². The third kappa shape index (κ3) is 5.18. The second-order valence-electron chi connectivity index (χ2n) is 6.69. The predicted molar refractivity (Wildman–Crippen MR) is 105 cm³/mol. The zero-order valence-electron chi connectivity index (χ0n) is 13.9. The quantitative estimate of drug-likeness (QED) is 0.602. The first-order valence-electron chi connectivity index (χ1n) is 8.80. The molecule has 2 saturated carbocycles. The van der Waals surface area contributed by atoms with Gasteiger partial charge in [0.25, 0.3) is 0 Å². The van der Waals surface area contributed by atoms with Crippen LogP contribution >= 0.6 is 34.4 Å². The normalized spacial score (nSPS) is 17.0. The summed E-state index contributed by atoms with van der Waals surface area (Å²) in [5, 5.41) is 17.8. The molecule has 5 nitrogen and oxygen atoms in total. The Kier molecular flexibility index (Phi) is 5.57. The fourth-order valence-electron chi connectivity index (χ4n) is 2.97. The van der Waals surface area contributed by atoms with Gasteiger partial charge in [-0.2, -0.15) is 0 Å². The van der Waals surface area contributed by atoms with E-state index in [0.717, 1.165) is 34.3 Å². The summed E-state index contributed by atoms with van der Waals surface area (Å²) in [7, 11) is 0. The van der Waals surface area contributed by atoms with E-state index in [4.69, 9.17) is 0 Å². The van der Waals surface area contributed by atoms with Crippen LogP contribution in [0, 0.1) is 11.8 Å². The molecule has 0 spiro atoms. The first-order valence-corrected chi connectivity index (χ1v) is 11.5. The third-order valence-corrected chi connectivity index (χ3v) is 7.50. The summed E-state index contributed by atoms with van der Waals surface area (Å²) in [6.45, 7) is 0.852. The average molecular weight is 395 g/mol. The summed E-state index contributed by atoms with van der Waals surface area (Å²) in [6.07, 6.45) is 6.12. The maximum absolute atomic E-state index is 12.2. The molecule has 25 heavy (non-hydrogen) atoms. The van der Waals surface area contributed by atoms with Gasteiger partial charge in [-0.3, -0.25) is 4.79 Å². The third-order valence-electron chi connectivity index (χ3n) is 4.55. The van der Waals surface area contributed by atoms with E-state index in [1.165, 1.54) is 53.7 Å². The molecule has 2 fully saturated rings. The van der Waals surface area contributed by atoms with Crippen LogP contribution in [0.3, 0.4) is 0 Å². The molecule has 8 heteroatoms. The van der Waals surface area contributed by atoms with Crippen molar-refractivity contribution in [3.8, 4) is 0 Å². The summed E-state index contributed by atoms with van der Waals surface area (Å²) in [6, 6.07) is 4.64. The molecule has 0 atom stereocenters. The number of carbonyl (C=O) groups excluding carboxylic acids is 1. The topological polar surface area (TPSA) is 66.9 Å². The minimum Gasteiger partial charge on any atom is -0.360 e. The Morgan fingerprint density at radius 2 is 2.08 bits per heavy atom. The fourth-order valence-corrected chi connectivity index (χ4v) is 5.27. The van der Waals surface area contributed by atoms with Gasteiger partial charge in [0.05, 0.1) is 5.75 Å². The van der Waals surface area contributed by atoms with Crippen molar-refractivity contribution in [2.45, 2.75) is 42.5 Å². The number of aromatic nitrogens is 2. The average Bonchev–Trinajstić information content (AvgIpc) is 3.53. The second-order valence-corrected chi connectivity index (χ2v) is 9.92. The maximum Gasteiger partial charge on any atom is 0.230 e. The molecule has 2 aromatic heterocycles. The Hall–Kier alpha value is -1.12. The summed E-state index contributed by atoms with van der Waals surface area (Å²) in [5.41, 5.74) is 0. The van der Waals surface area contributed by atoms with Crippen molar-refractivity contribution in [3.05, 3.63) is 22.4 Å². The molecule has 0 bridgehead atoms. The SMILES string of the molecule is O=C(CSc1nnc(NCCc2cccs2)s1)NC(C1CC1)C1CC1. The molecule has 4 rings (SSSR count). The molecule has 0 saturated heterocycles. The molecule has 2 N–H and O–H groups in total. The van der Waals surface area contributed by atoms with E-state index in [1.807, 2.05) is 0 Å². The van der Waals surface area contributed by atoms with E-state index in [-0.39, 0.29) is 5.91 Å². The van der Waals surface area contributed by atoms with Gasteiger partial charge in [-0.1, -0.05) is 29.2 Å². The number of nitrogens with zero attached hydrogens (tertiary/aromatic N) is 2. The molecule has 1 amide bonds. The van der Waals surface area contributed by atoms with Crippen molar-refractivity contribution in [2.24, 2.45) is 11.8 Å². The highest BCUT2D eigenvalue weighted by molar-refractivity contribution is 8.01. The van der Waals surface area contributed by atoms with Crippen LogP contribution in [0.5, 0.6) is 0 Å². The van der Waals surface area contributed by atoms with Crippen molar-refractivity contribution in [1.82, 2.24) is 15.5 Å². The molecule has 2 aliphatic carbocycles. The number of nitrogens with one attached hydrogen (secondary N) is 2. The number of hydrogen-bond acceptors (Lipinski definition) is 7. The number of anilines is 1. The standard InChI is InChI=1S/C17H22N4OS3/c22-14(19-15(11-3-4-11)12-5-6-12)10-24-17-21-20-16(25-17)18-8-7-13-2-1-9-23-13/h1-2,9,11-12,15H,3-8,10H2,(H,18,20)(H,19,22). The predicted octanol–water partition coefficient (Wildman–Crippen LogP) is 3.65. The first-order chi connectivity index (χ1) is 12.3. The van der Waals surface area contributed by atoms with Gasteiger partial charge in [0, 0.05) is 17.5 Å². The number of rotatable bonds is 10. The summed E-state index contributed by atoms with van der Waals surface area (Å²) >= 11 is 4.77. The molecule has 0 aliphatic heterocycles. The molecule has 2 aromatic rings. The van der Waals surface area contributed by atoms with Crippen LogP contribution in [0.25, 0.3) is 0 Å². The van der Waals surface area contributed by atoms with E-state index in [2.05, 4.69) is 38.3 Å². The Morgan fingerprint density at radius 1 is 1.28 bits per heavy atom. The number of hydrogen-bond donors (Lipinski definition) is 2. The van der Waals surface area contributed by atoms with Gasteiger partial charge >= 0.3 is 0 Å². The summed E-state index contributed by atoms with van der Waals surface area (Å²) in [4.78, 5) is 13.6. The van der Waals surface area contributed by atoms with Crippen LogP contribution in [0.2, 0.25) is 0 Å². The molecule has 2 heterocycles. The molecule has 0 unspecified atom stereocenters. The van der Waals surface area contributed by atoms with Crippen LogP contribution in [-0.4, -0.2) is 34.4 Å². The van der Waals surface area contributed by atoms with Crippen LogP contribution in [-0.2, 0) is 11.2 Å². The van der Waals surface area contributed by atoms with Gasteiger partial charge in [0.2, 0.25) is 11.0 Å². The molecule has 0 aromatic carbocycles. The van der Waals surface area contributed by atoms with E-state index < -0.39 is 0 Å². The van der Waals surface area contributed by atoms with Crippen molar-refractivity contribution in [1.29, 1.82) is 0 Å². The lowest BCUT2D eigenvalue weighted by Gasteiger charge is -2.17. The van der Waals surface area contributed by atoms with Crippen LogP contribution < -0.4 is 10.6 Å². The van der Waals surface area contributed by atoms with Gasteiger partial charge in [0.1, 0.15) is 0 Å². The minimum absolute atomic E-state index is 0.135. The zero-order valence-corrected chi connectivity index (χ0v) is 16.4. The van der Waals surface area contributed by atoms with E-state index in [9.17, 15) is 4.79 Å². The molecular weight excluding hydrogens is 372 g/mol. The highest BCUT2D eigenvalue weighted by Crippen LogP contribution is 2.44. The fraction of sp³-hybridized carbons (Fsp3) is 0.588. The maximum atomic E-state index is 12.2. The van der Waals surface area contributed by atoms with Gasteiger partial charge in [-0.25, -0.2) is 0 Å². The van der Waals surface area contributed by atoms with Crippen molar-refractivity contribution >= 4 is 45.5 Å². The van der Waals surface area contributed by atoms with Crippen LogP contribution in [0.1, 0.15) is 30.6 Å². The monoisotopic (exact) mass is 394 g/mol. The largest absolute Gasteiger partial charge is 0.360 e. The molecular formula is C17H22N4OS3. The lowest BCUT2D eigenvalue weighted by molar-refractivity contribution is -0.119. The number of thioether (sulfide) groups is 1. The van der Waals surface area contributed by atoms with E-state index in [0.29, 0.717) is 11.8 Å². The minimum atomic E-state index is 0.135. The van der Waals surface area contributed by atoms with Crippen LogP contribution in [0.15, 0.2) is 21.9 Å². The zero-order chi connectivity index (χ0) is 17.1. The molecule has 2 aliphatic rings. The molecule has 0 radical (unpaired) electrons. The highest BCUT2D eigenvalue weighted by Gasteiger charge is 2.42. The first kappa shape index (κ1) is 17.3. The van der Waals surface area contributed by atoms with Gasteiger partial charge < -0.3 is 10.6 Å². The smallest absolute Gasteiger partial charge is 0.230 e. The summed E-state index contributed by atoms with van der Waals surface area (Å²) in [5.74, 6) is 2.04. The Morgan fingerprint density at radius 3 is 2.76 bits per heavy atom.